The molecule has 0 aliphatic rings. The average molecular weight is 358 g/mol. The molecule has 1 N–H and O–H groups in total. The van der Waals surface area contributed by atoms with E-state index in [1.807, 2.05) is 36.4 Å². The van der Waals surface area contributed by atoms with E-state index in [9.17, 15) is 4.79 Å². The van der Waals surface area contributed by atoms with Crippen LogP contribution in [0.2, 0.25) is 0 Å². The first-order valence-corrected chi connectivity index (χ1v) is 8.45. The second-order valence-electron chi connectivity index (χ2n) is 5.83. The van der Waals surface area contributed by atoms with Gasteiger partial charge in [0.05, 0.1) is 11.6 Å². The summed E-state index contributed by atoms with van der Waals surface area (Å²) in [4.78, 5) is 12.3. The molecule has 0 heterocycles. The zero-order valence-electron chi connectivity index (χ0n) is 14.8. The summed E-state index contributed by atoms with van der Waals surface area (Å²) in [5.74, 6) is 1.62. The molecule has 0 aliphatic heterocycles. The Morgan fingerprint density at radius 3 is 2.30 bits per heavy atom. The maximum absolute atomic E-state index is 12.3. The number of anilines is 1. The summed E-state index contributed by atoms with van der Waals surface area (Å²) in [6.07, 6.45) is -0.709. The smallest absolute Gasteiger partial charge is 0.265 e. The van der Waals surface area contributed by atoms with Gasteiger partial charge < -0.3 is 14.8 Å². The number of nitrogens with zero attached hydrogens (tertiary/aromatic N) is 1. The lowest BCUT2D eigenvalue weighted by Crippen LogP contribution is -2.30. The van der Waals surface area contributed by atoms with Crippen LogP contribution >= 0.6 is 0 Å². The Balaban J connectivity index is 1.57. The molecule has 27 heavy (non-hydrogen) atoms. The van der Waals surface area contributed by atoms with E-state index < -0.39 is 6.10 Å². The van der Waals surface area contributed by atoms with Crippen LogP contribution in [0.3, 0.4) is 0 Å². The SMILES string of the molecule is C[C@@H](Oc1cccc(C#N)c1)C(=O)Nc1ccc(Oc2ccccc2)cc1. The van der Waals surface area contributed by atoms with Crippen LogP contribution in [0.15, 0.2) is 78.9 Å². The molecule has 1 amide bonds. The summed E-state index contributed by atoms with van der Waals surface area (Å²) in [6.45, 7) is 1.65. The predicted molar refractivity (Wildman–Crippen MR) is 103 cm³/mol. The van der Waals surface area contributed by atoms with Gasteiger partial charge in [0.1, 0.15) is 17.2 Å². The molecule has 0 bridgehead atoms. The van der Waals surface area contributed by atoms with Crippen LogP contribution in [0.5, 0.6) is 17.2 Å². The van der Waals surface area contributed by atoms with Crippen molar-refractivity contribution in [2.45, 2.75) is 13.0 Å². The van der Waals surface area contributed by atoms with Crippen LogP contribution in [-0.2, 0) is 4.79 Å². The number of carbonyl (C=O) groups excluding carboxylic acids is 1. The number of benzene rings is 3. The summed E-state index contributed by atoms with van der Waals surface area (Å²) in [5.41, 5.74) is 1.12. The quantitative estimate of drug-likeness (QED) is 0.690. The van der Waals surface area contributed by atoms with Crippen molar-refractivity contribution in [2.75, 3.05) is 5.32 Å². The van der Waals surface area contributed by atoms with Crippen LogP contribution < -0.4 is 14.8 Å². The van der Waals surface area contributed by atoms with Crippen molar-refractivity contribution < 1.29 is 14.3 Å². The maximum atomic E-state index is 12.3. The minimum absolute atomic E-state index is 0.283. The highest BCUT2D eigenvalue weighted by Crippen LogP contribution is 2.23. The summed E-state index contributed by atoms with van der Waals surface area (Å²) in [6, 6.07) is 25.3. The van der Waals surface area contributed by atoms with E-state index in [1.165, 1.54) is 0 Å². The highest BCUT2D eigenvalue weighted by Gasteiger charge is 2.15. The van der Waals surface area contributed by atoms with Gasteiger partial charge in [-0.15, -0.1) is 0 Å². The number of hydrogen-bond donors (Lipinski definition) is 1. The number of amides is 1. The Hall–Kier alpha value is -3.78. The molecular formula is C22H18N2O3. The second kappa shape index (κ2) is 8.54. The van der Waals surface area contributed by atoms with Crippen LogP contribution in [0.4, 0.5) is 5.69 Å². The molecular weight excluding hydrogens is 340 g/mol. The van der Waals surface area contributed by atoms with Crippen molar-refractivity contribution in [3.63, 3.8) is 0 Å². The molecule has 0 radical (unpaired) electrons. The normalized spacial score (nSPS) is 11.1. The molecule has 5 nitrogen and oxygen atoms in total. The van der Waals surface area contributed by atoms with Crippen molar-refractivity contribution >= 4 is 11.6 Å². The zero-order chi connectivity index (χ0) is 19.1. The molecule has 5 heteroatoms. The van der Waals surface area contributed by atoms with Crippen molar-refractivity contribution in [2.24, 2.45) is 0 Å². The molecule has 3 aromatic rings. The number of para-hydroxylation sites is 1. The Bertz CT molecular complexity index is 947. The Labute approximate surface area is 157 Å². The fourth-order valence-corrected chi connectivity index (χ4v) is 2.37. The van der Waals surface area contributed by atoms with Crippen molar-refractivity contribution in [3.8, 4) is 23.3 Å². The second-order valence-corrected chi connectivity index (χ2v) is 5.83. The third-order valence-electron chi connectivity index (χ3n) is 3.75. The van der Waals surface area contributed by atoms with Crippen LogP contribution in [-0.4, -0.2) is 12.0 Å². The summed E-state index contributed by atoms with van der Waals surface area (Å²) in [5, 5.41) is 11.7. The fourth-order valence-electron chi connectivity index (χ4n) is 2.37. The molecule has 0 fully saturated rings. The van der Waals surface area contributed by atoms with Gasteiger partial charge in [0.25, 0.3) is 5.91 Å². The molecule has 0 aromatic heterocycles. The molecule has 0 saturated heterocycles. The maximum Gasteiger partial charge on any atom is 0.265 e. The Kier molecular flexibility index (Phi) is 5.70. The molecule has 134 valence electrons. The van der Waals surface area contributed by atoms with E-state index in [0.717, 1.165) is 5.75 Å². The van der Waals surface area contributed by atoms with Crippen molar-refractivity contribution in [3.05, 3.63) is 84.4 Å². The van der Waals surface area contributed by atoms with Crippen molar-refractivity contribution in [1.82, 2.24) is 0 Å². The number of hydrogen-bond acceptors (Lipinski definition) is 4. The van der Waals surface area contributed by atoms with E-state index in [0.29, 0.717) is 22.7 Å². The van der Waals surface area contributed by atoms with Gasteiger partial charge in [-0.1, -0.05) is 24.3 Å². The lowest BCUT2D eigenvalue weighted by Gasteiger charge is -2.15. The fraction of sp³-hybridized carbons (Fsp3) is 0.0909. The van der Waals surface area contributed by atoms with E-state index >= 15 is 0 Å². The van der Waals surface area contributed by atoms with Gasteiger partial charge in [-0.25, -0.2) is 0 Å². The molecule has 0 saturated carbocycles. The van der Waals surface area contributed by atoms with Gasteiger partial charge in [0.15, 0.2) is 6.10 Å². The Morgan fingerprint density at radius 2 is 1.59 bits per heavy atom. The third-order valence-corrected chi connectivity index (χ3v) is 3.75. The summed E-state index contributed by atoms with van der Waals surface area (Å²) >= 11 is 0. The monoisotopic (exact) mass is 358 g/mol. The van der Waals surface area contributed by atoms with Crippen molar-refractivity contribution in [1.29, 1.82) is 5.26 Å². The minimum atomic E-state index is -0.709. The predicted octanol–water partition coefficient (Wildman–Crippen LogP) is 4.76. The topological polar surface area (TPSA) is 71.3 Å². The van der Waals surface area contributed by atoms with Crippen LogP contribution in [0.25, 0.3) is 0 Å². The van der Waals surface area contributed by atoms with Gasteiger partial charge in [-0.3, -0.25) is 4.79 Å². The van der Waals surface area contributed by atoms with E-state index in [4.69, 9.17) is 14.7 Å². The number of nitriles is 1. The summed E-state index contributed by atoms with van der Waals surface area (Å²) < 4.78 is 11.3. The van der Waals surface area contributed by atoms with E-state index in [-0.39, 0.29) is 5.91 Å². The average Bonchev–Trinajstić information content (AvgIpc) is 2.70. The van der Waals surface area contributed by atoms with Crippen LogP contribution in [0.1, 0.15) is 12.5 Å². The minimum Gasteiger partial charge on any atom is -0.481 e. The van der Waals surface area contributed by atoms with Gasteiger partial charge in [0, 0.05) is 5.69 Å². The number of carbonyl (C=O) groups is 1. The van der Waals surface area contributed by atoms with E-state index in [2.05, 4.69) is 5.32 Å². The first kappa shape index (κ1) is 18.0. The highest BCUT2D eigenvalue weighted by molar-refractivity contribution is 5.94. The number of ether oxygens (including phenoxy) is 2. The third kappa shape index (κ3) is 5.10. The van der Waals surface area contributed by atoms with Gasteiger partial charge in [-0.2, -0.15) is 5.26 Å². The molecule has 0 aliphatic carbocycles. The zero-order valence-corrected chi connectivity index (χ0v) is 14.8. The number of rotatable bonds is 6. The van der Waals surface area contributed by atoms with Gasteiger partial charge >= 0.3 is 0 Å². The standard InChI is InChI=1S/C22H18N2O3/c1-16(26-21-9-5-6-17(14-21)15-23)22(25)24-18-10-12-20(13-11-18)27-19-7-3-2-4-8-19/h2-14,16H,1H3,(H,24,25)/t16-/m1/s1. The lowest BCUT2D eigenvalue weighted by atomic mass is 10.2. The first-order valence-electron chi connectivity index (χ1n) is 8.45. The molecule has 0 spiro atoms. The molecule has 0 unspecified atom stereocenters. The molecule has 1 atom stereocenters. The first-order chi connectivity index (χ1) is 13.1. The summed E-state index contributed by atoms with van der Waals surface area (Å²) in [7, 11) is 0. The Morgan fingerprint density at radius 1 is 0.926 bits per heavy atom. The van der Waals surface area contributed by atoms with Gasteiger partial charge in [-0.05, 0) is 61.5 Å². The lowest BCUT2D eigenvalue weighted by molar-refractivity contribution is -0.122. The molecule has 3 aromatic carbocycles. The largest absolute Gasteiger partial charge is 0.481 e. The van der Waals surface area contributed by atoms with E-state index in [1.54, 1.807) is 55.5 Å². The van der Waals surface area contributed by atoms with Crippen LogP contribution in [0, 0.1) is 11.3 Å². The highest BCUT2D eigenvalue weighted by atomic mass is 16.5. The molecule has 3 rings (SSSR count). The number of nitrogens with one attached hydrogen (secondary N) is 1. The van der Waals surface area contributed by atoms with Gasteiger partial charge in [0.2, 0.25) is 0 Å².